The van der Waals surface area contributed by atoms with Crippen molar-refractivity contribution in [3.05, 3.63) is 66.2 Å². The number of hydrogen-bond donors (Lipinski definition) is 1. The highest BCUT2D eigenvalue weighted by Gasteiger charge is 2.03. The Morgan fingerprint density at radius 1 is 1.00 bits per heavy atom. The molecule has 0 radical (unpaired) electrons. The van der Waals surface area contributed by atoms with Crippen LogP contribution >= 0.6 is 0 Å². The molecule has 0 aliphatic rings. The highest BCUT2D eigenvalue weighted by Crippen LogP contribution is 2.22. The van der Waals surface area contributed by atoms with Crippen LogP contribution in [-0.4, -0.2) is 22.7 Å². The number of ether oxygens (including phenoxy) is 2. The van der Waals surface area contributed by atoms with Crippen LogP contribution in [0.4, 0.5) is 0 Å². The van der Waals surface area contributed by atoms with Gasteiger partial charge in [0.25, 0.3) is 0 Å². The van der Waals surface area contributed by atoms with E-state index in [1.54, 1.807) is 6.07 Å². The summed E-state index contributed by atoms with van der Waals surface area (Å²) < 4.78 is 11.3. The van der Waals surface area contributed by atoms with E-state index in [0.29, 0.717) is 25.5 Å². The van der Waals surface area contributed by atoms with E-state index in [-0.39, 0.29) is 6.42 Å². The lowest BCUT2D eigenvalue weighted by molar-refractivity contribution is -0.137. The second-order valence-electron chi connectivity index (χ2n) is 5.62. The van der Waals surface area contributed by atoms with Gasteiger partial charge in [-0.3, -0.25) is 4.79 Å². The summed E-state index contributed by atoms with van der Waals surface area (Å²) >= 11 is 0. The third kappa shape index (κ3) is 4.94. The average molecular weight is 337 g/mol. The first kappa shape index (κ1) is 16.8. The summed E-state index contributed by atoms with van der Waals surface area (Å²) in [5.41, 5.74) is 1.88. The van der Waals surface area contributed by atoms with E-state index in [2.05, 4.69) is 4.98 Å². The van der Waals surface area contributed by atoms with Crippen molar-refractivity contribution in [2.45, 2.75) is 19.4 Å². The van der Waals surface area contributed by atoms with E-state index >= 15 is 0 Å². The Kier molecular flexibility index (Phi) is 5.46. The molecule has 128 valence electrons. The van der Waals surface area contributed by atoms with Crippen LogP contribution in [0.15, 0.2) is 60.7 Å². The highest BCUT2D eigenvalue weighted by molar-refractivity contribution is 5.80. The van der Waals surface area contributed by atoms with Crippen LogP contribution in [0.25, 0.3) is 10.9 Å². The first-order valence-corrected chi connectivity index (χ1v) is 8.13. The third-order valence-corrected chi connectivity index (χ3v) is 3.67. The zero-order valence-corrected chi connectivity index (χ0v) is 13.7. The Bertz CT molecular complexity index is 849. The standard InChI is InChI=1S/C20H19NO4/c22-20(23)7-4-12-24-19-11-9-16-8-10-17(13-18(16)21-19)25-14-15-5-2-1-3-6-15/h1-3,5-6,8-11,13H,4,7,12,14H2,(H,22,23). The molecule has 0 aliphatic carbocycles. The van der Waals surface area contributed by atoms with E-state index in [9.17, 15) is 4.79 Å². The normalized spacial score (nSPS) is 10.6. The molecule has 3 rings (SSSR count). The minimum atomic E-state index is -0.824. The van der Waals surface area contributed by atoms with Crippen molar-refractivity contribution in [1.82, 2.24) is 4.98 Å². The van der Waals surface area contributed by atoms with Gasteiger partial charge in [0.2, 0.25) is 5.88 Å². The smallest absolute Gasteiger partial charge is 0.303 e. The first-order chi connectivity index (χ1) is 12.2. The molecule has 25 heavy (non-hydrogen) atoms. The predicted octanol–water partition coefficient (Wildman–Crippen LogP) is 4.06. The topological polar surface area (TPSA) is 68.7 Å². The van der Waals surface area contributed by atoms with Gasteiger partial charge < -0.3 is 14.6 Å². The van der Waals surface area contributed by atoms with Gasteiger partial charge in [-0.1, -0.05) is 30.3 Å². The average Bonchev–Trinajstić information content (AvgIpc) is 2.64. The van der Waals surface area contributed by atoms with E-state index < -0.39 is 5.97 Å². The van der Waals surface area contributed by atoms with Crippen molar-refractivity contribution in [2.75, 3.05) is 6.61 Å². The van der Waals surface area contributed by atoms with Gasteiger partial charge in [-0.25, -0.2) is 4.98 Å². The number of fused-ring (bicyclic) bond motifs is 1. The molecule has 0 atom stereocenters. The zero-order chi connectivity index (χ0) is 17.5. The Balaban J connectivity index is 1.64. The summed E-state index contributed by atoms with van der Waals surface area (Å²) in [6, 6.07) is 19.4. The van der Waals surface area contributed by atoms with Crippen LogP contribution in [0.1, 0.15) is 18.4 Å². The molecule has 5 heteroatoms. The molecule has 0 saturated carbocycles. The molecular formula is C20H19NO4. The van der Waals surface area contributed by atoms with Crippen molar-refractivity contribution >= 4 is 16.9 Å². The minimum absolute atomic E-state index is 0.0883. The first-order valence-electron chi connectivity index (χ1n) is 8.13. The number of nitrogens with zero attached hydrogens (tertiary/aromatic N) is 1. The van der Waals surface area contributed by atoms with Crippen molar-refractivity contribution in [3.63, 3.8) is 0 Å². The number of hydrogen-bond acceptors (Lipinski definition) is 4. The van der Waals surface area contributed by atoms with Crippen LogP contribution < -0.4 is 9.47 Å². The summed E-state index contributed by atoms with van der Waals surface area (Å²) in [6.45, 7) is 0.826. The predicted molar refractivity (Wildman–Crippen MR) is 94.9 cm³/mol. The molecule has 0 aliphatic heterocycles. The van der Waals surface area contributed by atoms with E-state index in [1.807, 2.05) is 54.6 Å². The van der Waals surface area contributed by atoms with Gasteiger partial charge in [0.15, 0.2) is 0 Å². The number of pyridine rings is 1. The molecule has 5 nitrogen and oxygen atoms in total. The Morgan fingerprint density at radius 3 is 2.60 bits per heavy atom. The fraction of sp³-hybridized carbons (Fsp3) is 0.200. The highest BCUT2D eigenvalue weighted by atomic mass is 16.5. The van der Waals surface area contributed by atoms with Gasteiger partial charge in [0.05, 0.1) is 12.1 Å². The molecule has 1 aromatic heterocycles. The molecule has 2 aromatic carbocycles. The fourth-order valence-corrected chi connectivity index (χ4v) is 2.39. The van der Waals surface area contributed by atoms with Crippen LogP contribution in [0, 0.1) is 0 Å². The van der Waals surface area contributed by atoms with Crippen molar-refractivity contribution in [3.8, 4) is 11.6 Å². The Morgan fingerprint density at radius 2 is 1.80 bits per heavy atom. The summed E-state index contributed by atoms with van der Waals surface area (Å²) in [4.78, 5) is 15.0. The minimum Gasteiger partial charge on any atom is -0.489 e. The number of carbonyl (C=O) groups is 1. The van der Waals surface area contributed by atoms with Crippen LogP contribution in [0.3, 0.4) is 0 Å². The van der Waals surface area contributed by atoms with Crippen molar-refractivity contribution in [2.24, 2.45) is 0 Å². The summed E-state index contributed by atoms with van der Waals surface area (Å²) in [7, 11) is 0. The Hall–Kier alpha value is -3.08. The molecule has 0 unspecified atom stereocenters. The molecule has 0 saturated heterocycles. The third-order valence-electron chi connectivity index (χ3n) is 3.67. The van der Waals surface area contributed by atoms with Gasteiger partial charge in [-0.05, 0) is 30.2 Å². The number of aliphatic carboxylic acids is 1. The maximum Gasteiger partial charge on any atom is 0.303 e. The van der Waals surface area contributed by atoms with Gasteiger partial charge in [-0.15, -0.1) is 0 Å². The lowest BCUT2D eigenvalue weighted by Gasteiger charge is -2.09. The van der Waals surface area contributed by atoms with Gasteiger partial charge in [0.1, 0.15) is 12.4 Å². The van der Waals surface area contributed by atoms with Gasteiger partial charge in [0, 0.05) is 23.9 Å². The van der Waals surface area contributed by atoms with Gasteiger partial charge >= 0.3 is 5.97 Å². The number of rotatable bonds is 8. The lowest BCUT2D eigenvalue weighted by atomic mass is 10.2. The summed E-state index contributed by atoms with van der Waals surface area (Å²) in [6.07, 6.45) is 0.542. The summed E-state index contributed by atoms with van der Waals surface area (Å²) in [5, 5.41) is 9.62. The van der Waals surface area contributed by atoms with E-state index in [4.69, 9.17) is 14.6 Å². The molecule has 0 bridgehead atoms. The number of benzene rings is 2. The number of carboxylic acids is 1. The molecular weight excluding hydrogens is 318 g/mol. The second kappa shape index (κ2) is 8.15. The van der Waals surface area contributed by atoms with Crippen molar-refractivity contribution < 1.29 is 19.4 Å². The van der Waals surface area contributed by atoms with E-state index in [0.717, 1.165) is 22.2 Å². The summed E-state index contributed by atoms with van der Waals surface area (Å²) in [5.74, 6) is 0.403. The number of carboxylic acid groups (broad SMARTS) is 1. The SMILES string of the molecule is O=C(O)CCCOc1ccc2ccc(OCc3ccccc3)cc2n1. The fourth-order valence-electron chi connectivity index (χ4n) is 2.39. The number of aromatic nitrogens is 1. The molecule has 0 spiro atoms. The molecule has 1 heterocycles. The molecule has 1 N–H and O–H groups in total. The maximum atomic E-state index is 10.5. The second-order valence-corrected chi connectivity index (χ2v) is 5.62. The van der Waals surface area contributed by atoms with E-state index in [1.165, 1.54) is 0 Å². The molecule has 0 amide bonds. The van der Waals surface area contributed by atoms with Crippen LogP contribution in [0.2, 0.25) is 0 Å². The largest absolute Gasteiger partial charge is 0.489 e. The van der Waals surface area contributed by atoms with Crippen LogP contribution in [-0.2, 0) is 11.4 Å². The Labute approximate surface area is 145 Å². The maximum absolute atomic E-state index is 10.5. The lowest BCUT2D eigenvalue weighted by Crippen LogP contribution is -2.03. The monoisotopic (exact) mass is 337 g/mol. The van der Waals surface area contributed by atoms with Crippen LogP contribution in [0.5, 0.6) is 11.6 Å². The molecule has 3 aromatic rings. The quantitative estimate of drug-likeness (QED) is 0.628. The molecule has 0 fully saturated rings. The van der Waals surface area contributed by atoms with Crippen molar-refractivity contribution in [1.29, 1.82) is 0 Å². The zero-order valence-electron chi connectivity index (χ0n) is 13.7. The van der Waals surface area contributed by atoms with Gasteiger partial charge in [-0.2, -0.15) is 0 Å².